The average Bonchev–Trinajstić information content (AvgIpc) is 3.69. The number of benzene rings is 1. The van der Waals surface area contributed by atoms with Crippen LogP contribution in [-0.2, 0) is 20.8 Å². The molecule has 11 nitrogen and oxygen atoms in total. The van der Waals surface area contributed by atoms with Gasteiger partial charge in [0.15, 0.2) is 11.8 Å². The van der Waals surface area contributed by atoms with Gasteiger partial charge in [-0.1, -0.05) is 30.3 Å². The summed E-state index contributed by atoms with van der Waals surface area (Å²) in [5, 5.41) is 5.32. The van der Waals surface area contributed by atoms with Gasteiger partial charge in [-0.2, -0.15) is 9.61 Å². The van der Waals surface area contributed by atoms with Crippen molar-refractivity contribution < 1.29 is 19.1 Å². The first-order valence-corrected chi connectivity index (χ1v) is 12.5. The number of methoxy groups -OCH3 is 1. The standard InChI is InChI=1S/C28H27N7O4/c1-33(14-17-7-4-3-5-8-17)24-12-22(32-27-20(25(29)36)13-31-35(24)27)21-15-34(26-19(21)9-6-10-30-26)18-11-23(39-16-18)28(37)38-2/h3-10,12-13,15,18,23H,11,14,16H2,1-2H3,(H2,29,36)/t18-,23-/m1/s1. The summed E-state index contributed by atoms with van der Waals surface area (Å²) in [4.78, 5) is 35.8. The summed E-state index contributed by atoms with van der Waals surface area (Å²) in [6.07, 6.45) is 5.00. The van der Waals surface area contributed by atoms with Crippen LogP contribution in [0.1, 0.15) is 28.4 Å². The second kappa shape index (κ2) is 9.84. The number of anilines is 1. The van der Waals surface area contributed by atoms with E-state index in [2.05, 4.69) is 27.1 Å². The molecule has 1 amide bonds. The average molecular weight is 526 g/mol. The van der Waals surface area contributed by atoms with Crippen molar-refractivity contribution in [1.82, 2.24) is 24.1 Å². The Kier molecular flexibility index (Phi) is 6.20. The highest BCUT2D eigenvalue weighted by atomic mass is 16.6. The van der Waals surface area contributed by atoms with Crippen molar-refractivity contribution in [2.75, 3.05) is 25.7 Å². The van der Waals surface area contributed by atoms with Gasteiger partial charge in [0.05, 0.1) is 31.6 Å². The summed E-state index contributed by atoms with van der Waals surface area (Å²) in [6.45, 7) is 0.967. The minimum absolute atomic E-state index is 0.111. The molecule has 0 radical (unpaired) electrons. The molecule has 6 rings (SSSR count). The third kappa shape index (κ3) is 4.36. The maximum Gasteiger partial charge on any atom is 0.335 e. The fraction of sp³-hybridized carbons (Fsp3) is 0.250. The van der Waals surface area contributed by atoms with Crippen LogP contribution >= 0.6 is 0 Å². The first-order valence-electron chi connectivity index (χ1n) is 12.5. The van der Waals surface area contributed by atoms with Crippen LogP contribution in [0.2, 0.25) is 0 Å². The summed E-state index contributed by atoms with van der Waals surface area (Å²) in [5.74, 6) is -0.251. The summed E-state index contributed by atoms with van der Waals surface area (Å²) < 4.78 is 14.3. The van der Waals surface area contributed by atoms with E-state index < -0.39 is 12.0 Å². The lowest BCUT2D eigenvalue weighted by Gasteiger charge is -2.21. The Balaban J connectivity index is 1.48. The van der Waals surface area contributed by atoms with Crippen LogP contribution in [0.3, 0.4) is 0 Å². The number of hydrogen-bond acceptors (Lipinski definition) is 8. The van der Waals surface area contributed by atoms with E-state index in [9.17, 15) is 9.59 Å². The van der Waals surface area contributed by atoms with E-state index in [-0.39, 0.29) is 17.6 Å². The van der Waals surface area contributed by atoms with E-state index in [0.717, 1.165) is 28.0 Å². The van der Waals surface area contributed by atoms with Crippen molar-refractivity contribution in [3.8, 4) is 11.3 Å². The van der Waals surface area contributed by atoms with Crippen LogP contribution in [0.15, 0.2) is 67.1 Å². The van der Waals surface area contributed by atoms with Crippen LogP contribution in [0.25, 0.3) is 27.9 Å². The SMILES string of the molecule is COC(=O)[C@H]1C[C@@H](n2cc(-c3cc(N(C)Cc4ccccc4)n4ncc(C(N)=O)c4n3)c3cccnc32)CO1. The van der Waals surface area contributed by atoms with Gasteiger partial charge in [0.25, 0.3) is 5.91 Å². The topological polar surface area (TPSA) is 130 Å². The molecule has 1 fully saturated rings. The summed E-state index contributed by atoms with van der Waals surface area (Å²) >= 11 is 0. The Morgan fingerprint density at radius 3 is 2.77 bits per heavy atom. The van der Waals surface area contributed by atoms with E-state index in [1.165, 1.54) is 13.3 Å². The van der Waals surface area contributed by atoms with Crippen LogP contribution in [0, 0.1) is 0 Å². The minimum atomic E-state index is -0.623. The Labute approximate surface area is 223 Å². The minimum Gasteiger partial charge on any atom is -0.467 e. The van der Waals surface area contributed by atoms with Gasteiger partial charge in [-0.3, -0.25) is 4.79 Å². The van der Waals surface area contributed by atoms with Gasteiger partial charge in [0, 0.05) is 49.4 Å². The van der Waals surface area contributed by atoms with Crippen molar-refractivity contribution in [3.63, 3.8) is 0 Å². The lowest BCUT2D eigenvalue weighted by molar-refractivity contribution is -0.151. The van der Waals surface area contributed by atoms with Crippen molar-refractivity contribution in [3.05, 3.63) is 78.2 Å². The molecule has 0 aliphatic carbocycles. The van der Waals surface area contributed by atoms with Gasteiger partial charge in [-0.05, 0) is 17.7 Å². The summed E-state index contributed by atoms with van der Waals surface area (Å²) in [5.41, 5.74) is 9.62. The number of amides is 1. The smallest absolute Gasteiger partial charge is 0.335 e. The number of rotatable bonds is 7. The number of fused-ring (bicyclic) bond motifs is 2. The molecule has 2 atom stereocenters. The van der Waals surface area contributed by atoms with Gasteiger partial charge in [0.1, 0.15) is 17.0 Å². The fourth-order valence-corrected chi connectivity index (χ4v) is 5.13. The predicted molar refractivity (Wildman–Crippen MR) is 144 cm³/mol. The predicted octanol–water partition coefficient (Wildman–Crippen LogP) is 2.98. The number of carbonyl (C=O) groups is 2. The molecule has 1 saturated heterocycles. The highest BCUT2D eigenvalue weighted by Gasteiger charge is 2.34. The molecule has 11 heteroatoms. The molecular formula is C28H27N7O4. The van der Waals surface area contributed by atoms with Crippen molar-refractivity contribution in [2.45, 2.75) is 25.1 Å². The van der Waals surface area contributed by atoms with Gasteiger partial charge in [0.2, 0.25) is 0 Å². The molecule has 39 heavy (non-hydrogen) atoms. The van der Waals surface area contributed by atoms with E-state index in [1.54, 1.807) is 10.7 Å². The Hall–Kier alpha value is -4.77. The van der Waals surface area contributed by atoms with E-state index >= 15 is 0 Å². The zero-order valence-corrected chi connectivity index (χ0v) is 21.5. The van der Waals surface area contributed by atoms with Crippen LogP contribution in [-0.4, -0.2) is 62.9 Å². The number of primary amides is 1. The zero-order chi connectivity index (χ0) is 27.1. The van der Waals surface area contributed by atoms with Gasteiger partial charge < -0.3 is 24.7 Å². The quantitative estimate of drug-likeness (QED) is 0.321. The Morgan fingerprint density at radius 1 is 1.18 bits per heavy atom. The van der Waals surface area contributed by atoms with Crippen LogP contribution in [0.4, 0.5) is 5.82 Å². The van der Waals surface area contributed by atoms with Gasteiger partial charge in [-0.15, -0.1) is 0 Å². The number of esters is 1. The highest BCUT2D eigenvalue weighted by molar-refractivity contribution is 6.00. The van der Waals surface area contributed by atoms with E-state index in [0.29, 0.717) is 30.9 Å². The maximum absolute atomic E-state index is 12.2. The Bertz CT molecular complexity index is 1690. The lowest BCUT2D eigenvalue weighted by atomic mass is 10.1. The second-order valence-electron chi connectivity index (χ2n) is 9.56. The molecule has 0 saturated carbocycles. The Morgan fingerprint density at radius 2 is 2.00 bits per heavy atom. The number of carbonyl (C=O) groups excluding carboxylic acids is 2. The second-order valence-corrected chi connectivity index (χ2v) is 9.56. The third-order valence-corrected chi connectivity index (χ3v) is 7.07. The molecule has 2 N–H and O–H groups in total. The zero-order valence-electron chi connectivity index (χ0n) is 21.5. The van der Waals surface area contributed by atoms with Crippen LogP contribution < -0.4 is 10.6 Å². The van der Waals surface area contributed by atoms with Gasteiger partial charge in [-0.25, -0.2) is 14.8 Å². The molecule has 0 unspecified atom stereocenters. The number of pyridine rings is 1. The molecule has 5 aromatic rings. The highest BCUT2D eigenvalue weighted by Crippen LogP contribution is 2.36. The first kappa shape index (κ1) is 24.6. The molecule has 5 heterocycles. The summed E-state index contributed by atoms with van der Waals surface area (Å²) in [6, 6.07) is 15.8. The van der Waals surface area contributed by atoms with E-state index in [1.807, 2.05) is 54.2 Å². The van der Waals surface area contributed by atoms with Gasteiger partial charge >= 0.3 is 5.97 Å². The molecule has 0 spiro atoms. The fourth-order valence-electron chi connectivity index (χ4n) is 5.13. The molecule has 198 valence electrons. The molecule has 1 aliphatic rings. The monoisotopic (exact) mass is 525 g/mol. The number of aromatic nitrogens is 5. The normalized spacial score (nSPS) is 17.1. The number of nitrogens with two attached hydrogens (primary N) is 1. The molecular weight excluding hydrogens is 498 g/mol. The van der Waals surface area contributed by atoms with E-state index in [4.69, 9.17) is 20.2 Å². The van der Waals surface area contributed by atoms with Crippen LogP contribution in [0.5, 0.6) is 0 Å². The molecule has 1 aliphatic heterocycles. The van der Waals surface area contributed by atoms with Crippen molar-refractivity contribution in [1.29, 1.82) is 0 Å². The number of ether oxygens (including phenoxy) is 2. The molecule has 0 bridgehead atoms. The third-order valence-electron chi connectivity index (χ3n) is 7.07. The van der Waals surface area contributed by atoms with Crippen molar-refractivity contribution in [2.24, 2.45) is 5.73 Å². The largest absolute Gasteiger partial charge is 0.467 e. The molecule has 4 aromatic heterocycles. The number of nitrogens with zero attached hydrogens (tertiary/aromatic N) is 6. The lowest BCUT2D eigenvalue weighted by Crippen LogP contribution is -2.21. The molecule has 1 aromatic carbocycles. The maximum atomic E-state index is 12.2. The first-order chi connectivity index (χ1) is 18.9. The summed E-state index contributed by atoms with van der Waals surface area (Å²) in [7, 11) is 3.32. The number of hydrogen-bond donors (Lipinski definition) is 1. The van der Waals surface area contributed by atoms with Crippen molar-refractivity contribution >= 4 is 34.4 Å².